The van der Waals surface area contributed by atoms with Crippen molar-refractivity contribution >= 4 is 5.91 Å². The molecule has 0 aliphatic carbocycles. The van der Waals surface area contributed by atoms with Gasteiger partial charge in [0.2, 0.25) is 5.91 Å². The molecule has 0 fully saturated rings. The van der Waals surface area contributed by atoms with Gasteiger partial charge in [0.15, 0.2) is 0 Å². The fraction of sp³-hybridized carbons (Fsp3) is 0.941. The molecule has 57 heavy (non-hydrogen) atoms. The third kappa shape index (κ3) is 40.2. The van der Waals surface area contributed by atoms with E-state index in [0.717, 1.165) is 38.5 Å². The second kappa shape index (κ2) is 46.1. The Bertz CT molecular complexity index is 821. The topological polar surface area (TPSA) is 110 Å². The molecular formula is C51H101NO5. The van der Waals surface area contributed by atoms with Crippen LogP contribution in [0, 0.1) is 0 Å². The van der Waals surface area contributed by atoms with Crippen molar-refractivity contribution in [1.29, 1.82) is 0 Å². The summed E-state index contributed by atoms with van der Waals surface area (Å²) in [6.45, 7) is 4.03. The van der Waals surface area contributed by atoms with Crippen molar-refractivity contribution < 1.29 is 25.2 Å². The second-order valence-corrected chi connectivity index (χ2v) is 17.9. The first-order valence-corrected chi connectivity index (χ1v) is 25.6. The average molecular weight is 808 g/mol. The molecule has 0 heterocycles. The summed E-state index contributed by atoms with van der Waals surface area (Å²) >= 11 is 0. The molecule has 5 N–H and O–H groups in total. The SMILES string of the molecule is CCCCCCCCCCCCCCCCCCCCCCCCCCCCC/C=C/CCCC(O)C(O)C(CO)NC(=O)C(O)CCCCCCCCCCC. The van der Waals surface area contributed by atoms with Crippen LogP contribution in [0.15, 0.2) is 12.2 Å². The number of aliphatic hydroxyl groups excluding tert-OH is 4. The number of carbonyl (C=O) groups is 1. The number of rotatable bonds is 47. The van der Waals surface area contributed by atoms with E-state index in [1.54, 1.807) is 0 Å². The van der Waals surface area contributed by atoms with Crippen LogP contribution in [0.5, 0.6) is 0 Å². The number of amides is 1. The molecule has 4 atom stereocenters. The van der Waals surface area contributed by atoms with Gasteiger partial charge in [-0.05, 0) is 38.5 Å². The Morgan fingerprint density at radius 1 is 0.421 bits per heavy atom. The lowest BCUT2D eigenvalue weighted by Crippen LogP contribution is -2.53. The maximum Gasteiger partial charge on any atom is 0.249 e. The van der Waals surface area contributed by atoms with E-state index >= 15 is 0 Å². The van der Waals surface area contributed by atoms with E-state index in [2.05, 4.69) is 31.3 Å². The van der Waals surface area contributed by atoms with Gasteiger partial charge in [0, 0.05) is 0 Å². The molecule has 0 saturated carbocycles. The maximum absolute atomic E-state index is 12.4. The second-order valence-electron chi connectivity index (χ2n) is 17.9. The number of hydrogen-bond donors (Lipinski definition) is 5. The summed E-state index contributed by atoms with van der Waals surface area (Å²) in [5.74, 6) is -0.594. The van der Waals surface area contributed by atoms with Crippen LogP contribution in [0.3, 0.4) is 0 Å². The van der Waals surface area contributed by atoms with E-state index in [0.29, 0.717) is 12.8 Å². The summed E-state index contributed by atoms with van der Waals surface area (Å²) in [6.07, 6.45) is 53.1. The van der Waals surface area contributed by atoms with Crippen molar-refractivity contribution in [3.05, 3.63) is 12.2 Å². The standard InChI is InChI=1S/C51H101NO5/c1-3-5-7-9-11-13-14-15-16-17-18-19-20-21-22-23-24-25-26-27-28-29-30-31-32-33-34-35-37-38-40-42-44-48(54)50(56)47(46-53)52-51(57)49(55)45-43-41-39-36-12-10-8-6-4-2/h37-38,47-50,53-56H,3-36,39-46H2,1-2H3,(H,52,57)/b38-37+. The van der Waals surface area contributed by atoms with E-state index in [9.17, 15) is 25.2 Å². The fourth-order valence-electron chi connectivity index (χ4n) is 8.17. The quantitative estimate of drug-likeness (QED) is 0.0311. The Morgan fingerprint density at radius 3 is 1.05 bits per heavy atom. The fourth-order valence-corrected chi connectivity index (χ4v) is 8.17. The zero-order chi connectivity index (χ0) is 41.7. The number of carbonyl (C=O) groups excluding carboxylic acids is 1. The normalized spacial score (nSPS) is 14.0. The predicted octanol–water partition coefficient (Wildman–Crippen LogP) is 14.1. The first-order chi connectivity index (χ1) is 28.0. The molecular weight excluding hydrogens is 707 g/mol. The van der Waals surface area contributed by atoms with E-state index in [1.807, 2.05) is 0 Å². The molecule has 0 aromatic rings. The minimum absolute atomic E-state index is 0.366. The summed E-state index contributed by atoms with van der Waals surface area (Å²) < 4.78 is 0. The van der Waals surface area contributed by atoms with Gasteiger partial charge in [0.1, 0.15) is 12.2 Å². The number of unbranched alkanes of at least 4 members (excludes halogenated alkanes) is 36. The van der Waals surface area contributed by atoms with Crippen molar-refractivity contribution in [3.63, 3.8) is 0 Å². The monoisotopic (exact) mass is 808 g/mol. The van der Waals surface area contributed by atoms with Crippen LogP contribution in [0.1, 0.15) is 277 Å². The third-order valence-corrected chi connectivity index (χ3v) is 12.2. The molecule has 0 aromatic carbocycles. The van der Waals surface area contributed by atoms with Gasteiger partial charge in [-0.3, -0.25) is 4.79 Å². The third-order valence-electron chi connectivity index (χ3n) is 12.2. The van der Waals surface area contributed by atoms with Crippen LogP contribution in [0.4, 0.5) is 0 Å². The van der Waals surface area contributed by atoms with Crippen LogP contribution in [0.25, 0.3) is 0 Å². The maximum atomic E-state index is 12.4. The van der Waals surface area contributed by atoms with Gasteiger partial charge >= 0.3 is 0 Å². The molecule has 0 radical (unpaired) electrons. The smallest absolute Gasteiger partial charge is 0.249 e. The first kappa shape index (κ1) is 56.0. The largest absolute Gasteiger partial charge is 0.394 e. The van der Waals surface area contributed by atoms with Crippen molar-refractivity contribution in [2.75, 3.05) is 6.61 Å². The Balaban J connectivity index is 3.54. The van der Waals surface area contributed by atoms with Gasteiger partial charge < -0.3 is 25.7 Å². The highest BCUT2D eigenvalue weighted by atomic mass is 16.3. The van der Waals surface area contributed by atoms with Crippen molar-refractivity contribution in [2.45, 2.75) is 301 Å². The molecule has 0 bridgehead atoms. The molecule has 0 rings (SSSR count). The van der Waals surface area contributed by atoms with Crippen LogP contribution >= 0.6 is 0 Å². The summed E-state index contributed by atoms with van der Waals surface area (Å²) in [5, 5.41) is 43.6. The molecule has 1 amide bonds. The van der Waals surface area contributed by atoms with E-state index in [-0.39, 0.29) is 0 Å². The van der Waals surface area contributed by atoms with Crippen LogP contribution in [-0.4, -0.2) is 57.3 Å². The van der Waals surface area contributed by atoms with Crippen LogP contribution in [0.2, 0.25) is 0 Å². The summed E-state index contributed by atoms with van der Waals surface area (Å²) in [5.41, 5.74) is 0. The molecule has 0 spiro atoms. The van der Waals surface area contributed by atoms with E-state index in [1.165, 1.54) is 212 Å². The molecule has 0 aliphatic rings. The van der Waals surface area contributed by atoms with Gasteiger partial charge in [-0.25, -0.2) is 0 Å². The van der Waals surface area contributed by atoms with E-state index < -0.39 is 36.9 Å². The molecule has 6 nitrogen and oxygen atoms in total. The van der Waals surface area contributed by atoms with E-state index in [4.69, 9.17) is 0 Å². The van der Waals surface area contributed by atoms with Crippen molar-refractivity contribution in [3.8, 4) is 0 Å². The number of hydrogen-bond acceptors (Lipinski definition) is 5. The summed E-state index contributed by atoms with van der Waals surface area (Å²) in [7, 11) is 0. The zero-order valence-electron chi connectivity index (χ0n) is 38.4. The van der Waals surface area contributed by atoms with Gasteiger partial charge in [0.25, 0.3) is 0 Å². The Labute approximate surface area is 355 Å². The Kier molecular flexibility index (Phi) is 45.4. The number of allylic oxidation sites excluding steroid dienone is 2. The van der Waals surface area contributed by atoms with Gasteiger partial charge in [-0.1, -0.05) is 251 Å². The lowest BCUT2D eigenvalue weighted by atomic mass is 10.00. The molecule has 0 aliphatic heterocycles. The highest BCUT2D eigenvalue weighted by molar-refractivity contribution is 5.80. The lowest BCUT2D eigenvalue weighted by molar-refractivity contribution is -0.132. The molecule has 4 unspecified atom stereocenters. The Hall–Kier alpha value is -0.950. The Morgan fingerprint density at radius 2 is 0.719 bits per heavy atom. The van der Waals surface area contributed by atoms with Crippen molar-refractivity contribution in [1.82, 2.24) is 5.32 Å². The number of nitrogens with one attached hydrogen (secondary N) is 1. The minimum Gasteiger partial charge on any atom is -0.394 e. The molecule has 340 valence electrons. The van der Waals surface area contributed by atoms with Gasteiger partial charge in [-0.2, -0.15) is 0 Å². The van der Waals surface area contributed by atoms with Crippen molar-refractivity contribution in [2.24, 2.45) is 0 Å². The van der Waals surface area contributed by atoms with Gasteiger partial charge in [0.05, 0.1) is 18.8 Å². The first-order valence-electron chi connectivity index (χ1n) is 25.6. The number of aliphatic hydroxyl groups is 4. The highest BCUT2D eigenvalue weighted by Gasteiger charge is 2.28. The molecule has 0 aromatic heterocycles. The van der Waals surface area contributed by atoms with Gasteiger partial charge in [-0.15, -0.1) is 0 Å². The predicted molar refractivity (Wildman–Crippen MR) is 247 cm³/mol. The van der Waals surface area contributed by atoms with Crippen LogP contribution in [-0.2, 0) is 4.79 Å². The summed E-state index contributed by atoms with van der Waals surface area (Å²) in [6, 6.07) is -0.996. The molecule has 0 saturated heterocycles. The van der Waals surface area contributed by atoms with Crippen LogP contribution < -0.4 is 5.32 Å². The zero-order valence-corrected chi connectivity index (χ0v) is 38.4. The lowest BCUT2D eigenvalue weighted by Gasteiger charge is -2.27. The highest BCUT2D eigenvalue weighted by Crippen LogP contribution is 2.17. The minimum atomic E-state index is -1.28. The summed E-state index contributed by atoms with van der Waals surface area (Å²) in [4.78, 5) is 12.4. The molecule has 6 heteroatoms. The average Bonchev–Trinajstić information content (AvgIpc) is 3.22.